The highest BCUT2D eigenvalue weighted by molar-refractivity contribution is 14.2. The molecule has 1 fully saturated rings. The SMILES string of the molecule is C=CCNC(/C=C/c1ccc(/C(=C(\c2ccccc2)C2CCC2)c2ccc(NPI)c(C(=N)F)c2)cc1)=NC. The molecule has 200 valence electrons. The Labute approximate surface area is 245 Å². The second-order valence-corrected chi connectivity index (χ2v) is 11.4. The number of benzene rings is 3. The lowest BCUT2D eigenvalue weighted by atomic mass is 9.73. The van der Waals surface area contributed by atoms with Gasteiger partial charge in [0.2, 0.25) is 5.97 Å². The lowest BCUT2D eigenvalue weighted by molar-refractivity contribution is 0.401. The number of aliphatic imine (C=N–C) groups is 1. The van der Waals surface area contributed by atoms with E-state index in [0.29, 0.717) is 24.5 Å². The third kappa shape index (κ3) is 7.31. The van der Waals surface area contributed by atoms with Gasteiger partial charge >= 0.3 is 0 Å². The molecule has 1 aliphatic rings. The zero-order valence-electron chi connectivity index (χ0n) is 22.0. The van der Waals surface area contributed by atoms with Crippen LogP contribution in [0.5, 0.6) is 0 Å². The molecule has 0 spiro atoms. The number of nitrogens with one attached hydrogen (secondary N) is 3. The summed E-state index contributed by atoms with van der Waals surface area (Å²) in [4.78, 5) is 4.27. The van der Waals surface area contributed by atoms with Gasteiger partial charge in [0.05, 0.1) is 5.56 Å². The van der Waals surface area contributed by atoms with Gasteiger partial charge in [-0.1, -0.05) is 79.2 Å². The molecular formula is C32H33FIN4P. The number of amidine groups is 1. The molecule has 4 nitrogen and oxygen atoms in total. The minimum absolute atomic E-state index is 0.285. The normalized spacial score (nSPS) is 14.8. The number of rotatable bonds is 11. The summed E-state index contributed by atoms with van der Waals surface area (Å²) < 4.78 is 14.4. The first kappa shape index (κ1) is 28.9. The second kappa shape index (κ2) is 14.3. The monoisotopic (exact) mass is 650 g/mol. The summed E-state index contributed by atoms with van der Waals surface area (Å²) >= 11 is 2.22. The number of nitrogens with zero attached hydrogens (tertiary/aromatic N) is 1. The zero-order valence-corrected chi connectivity index (χ0v) is 25.1. The van der Waals surface area contributed by atoms with E-state index in [-0.39, 0.29) is 5.56 Å². The van der Waals surface area contributed by atoms with Crippen LogP contribution >= 0.6 is 28.4 Å². The number of anilines is 1. The molecule has 1 unspecified atom stereocenters. The maximum atomic E-state index is 14.4. The molecule has 1 aliphatic carbocycles. The first-order valence-electron chi connectivity index (χ1n) is 13.0. The van der Waals surface area contributed by atoms with Gasteiger partial charge in [-0.25, -0.2) is 0 Å². The van der Waals surface area contributed by atoms with Crippen LogP contribution in [0.4, 0.5) is 10.1 Å². The highest BCUT2D eigenvalue weighted by atomic mass is 127. The van der Waals surface area contributed by atoms with E-state index >= 15 is 0 Å². The molecule has 0 aromatic heterocycles. The van der Waals surface area contributed by atoms with E-state index in [1.165, 1.54) is 17.6 Å². The lowest BCUT2D eigenvalue weighted by Gasteiger charge is -2.32. The van der Waals surface area contributed by atoms with Crippen molar-refractivity contribution in [2.75, 3.05) is 18.7 Å². The molecule has 3 N–H and O–H groups in total. The lowest BCUT2D eigenvalue weighted by Crippen LogP contribution is -2.20. The summed E-state index contributed by atoms with van der Waals surface area (Å²) in [5.41, 5.74) is 7.53. The molecule has 39 heavy (non-hydrogen) atoms. The summed E-state index contributed by atoms with van der Waals surface area (Å²) in [5.74, 6) is 0.290. The van der Waals surface area contributed by atoms with Crippen LogP contribution in [0.25, 0.3) is 17.2 Å². The molecule has 0 bridgehead atoms. The van der Waals surface area contributed by atoms with E-state index < -0.39 is 5.97 Å². The maximum absolute atomic E-state index is 14.4. The van der Waals surface area contributed by atoms with Gasteiger partial charge in [0.15, 0.2) is 0 Å². The summed E-state index contributed by atoms with van der Waals surface area (Å²) in [7, 11) is 1.76. The third-order valence-corrected chi connectivity index (χ3v) is 8.07. The Hall–Kier alpha value is -3.09. The average molecular weight is 651 g/mol. The Balaban J connectivity index is 1.84. The predicted octanol–water partition coefficient (Wildman–Crippen LogP) is 8.91. The zero-order chi connectivity index (χ0) is 27.6. The van der Waals surface area contributed by atoms with Crippen molar-refractivity contribution in [2.45, 2.75) is 19.3 Å². The van der Waals surface area contributed by atoms with Crippen LogP contribution in [0.1, 0.15) is 47.1 Å². The van der Waals surface area contributed by atoms with Crippen molar-refractivity contribution < 1.29 is 4.39 Å². The Morgan fingerprint density at radius 3 is 2.38 bits per heavy atom. The molecule has 0 heterocycles. The predicted molar refractivity (Wildman–Crippen MR) is 177 cm³/mol. The van der Waals surface area contributed by atoms with Crippen molar-refractivity contribution in [3.8, 4) is 0 Å². The molecule has 7 heteroatoms. The van der Waals surface area contributed by atoms with Gasteiger partial charge in [-0.2, -0.15) is 4.39 Å². The van der Waals surface area contributed by atoms with E-state index in [4.69, 9.17) is 5.41 Å². The van der Waals surface area contributed by atoms with E-state index in [2.05, 4.69) is 92.5 Å². The molecule has 3 aromatic carbocycles. The maximum Gasteiger partial charge on any atom is 0.214 e. The Morgan fingerprint density at radius 1 is 1.08 bits per heavy atom. The van der Waals surface area contributed by atoms with Gasteiger partial charge < -0.3 is 10.4 Å². The highest BCUT2D eigenvalue weighted by Crippen LogP contribution is 2.45. The van der Waals surface area contributed by atoms with Crippen LogP contribution in [-0.2, 0) is 0 Å². The molecule has 0 radical (unpaired) electrons. The summed E-state index contributed by atoms with van der Waals surface area (Å²) in [6.07, 6.45) is 9.64. The van der Waals surface area contributed by atoms with Gasteiger partial charge in [0.1, 0.15) is 5.84 Å². The van der Waals surface area contributed by atoms with Gasteiger partial charge in [-0.05, 0) is 92.4 Å². The first-order chi connectivity index (χ1) is 19.0. The smallest absolute Gasteiger partial charge is 0.214 e. The van der Waals surface area contributed by atoms with Gasteiger partial charge in [0.25, 0.3) is 0 Å². The van der Waals surface area contributed by atoms with Crippen molar-refractivity contribution >= 4 is 63.1 Å². The van der Waals surface area contributed by atoms with Gasteiger partial charge in [-0.15, -0.1) is 6.58 Å². The quantitative estimate of drug-likeness (QED) is 0.0485. The van der Waals surface area contributed by atoms with Gasteiger partial charge in [0, 0.05) is 25.7 Å². The molecule has 4 rings (SSSR count). The van der Waals surface area contributed by atoms with Crippen LogP contribution in [0.2, 0.25) is 0 Å². The fourth-order valence-electron chi connectivity index (χ4n) is 4.74. The molecular weight excluding hydrogens is 617 g/mol. The first-order valence-corrected chi connectivity index (χ1v) is 17.1. The van der Waals surface area contributed by atoms with E-state index in [9.17, 15) is 4.39 Å². The number of hydrogen-bond donors (Lipinski definition) is 3. The number of allylic oxidation sites excluding steroid dienone is 1. The van der Waals surface area contributed by atoms with Crippen molar-refractivity contribution in [1.82, 2.24) is 5.32 Å². The standard InChI is InChI=1S/C32H33FIN4P/c1-3-20-37-29(36-2)19-14-22-12-15-25(16-13-22)31(26-17-18-28(38-39-34)27(21-26)32(33)35)30(24-10-7-11-24)23-8-5-4-6-9-23/h3-6,8-9,12-19,21,24,35,38-39H,1,7,10-11,20H2,2H3,(H,36,37)/b19-14+,31-30-,35-32?. The number of hydrogen-bond acceptors (Lipinski definition) is 3. The van der Waals surface area contributed by atoms with Crippen LogP contribution in [-0.4, -0.2) is 25.4 Å². The van der Waals surface area contributed by atoms with Crippen LogP contribution in [0.15, 0.2) is 96.5 Å². The highest BCUT2D eigenvalue weighted by Gasteiger charge is 2.27. The molecule has 3 aromatic rings. The van der Waals surface area contributed by atoms with Crippen LogP contribution < -0.4 is 10.4 Å². The van der Waals surface area contributed by atoms with Crippen molar-refractivity contribution in [1.29, 1.82) is 5.41 Å². The van der Waals surface area contributed by atoms with Crippen LogP contribution in [0, 0.1) is 11.3 Å². The van der Waals surface area contributed by atoms with Crippen molar-refractivity contribution in [2.24, 2.45) is 10.9 Å². The number of halogens is 2. The largest absolute Gasteiger partial charge is 0.367 e. The summed E-state index contributed by atoms with van der Waals surface area (Å²) in [5, 5.41) is 14.2. The second-order valence-electron chi connectivity index (χ2n) is 9.31. The minimum atomic E-state index is -0.933. The molecule has 1 atom stereocenters. The molecule has 0 saturated heterocycles. The van der Waals surface area contributed by atoms with Crippen molar-refractivity contribution in [3.05, 3.63) is 119 Å². The summed E-state index contributed by atoms with van der Waals surface area (Å²) in [6.45, 7) is 4.39. The summed E-state index contributed by atoms with van der Waals surface area (Å²) in [6, 6.07) is 24.7. The Morgan fingerprint density at radius 2 is 1.79 bits per heavy atom. The Bertz CT molecular complexity index is 1390. The fourth-order valence-corrected chi connectivity index (χ4v) is 5.93. The Kier molecular flexibility index (Phi) is 10.6. The topological polar surface area (TPSA) is 60.3 Å². The van der Waals surface area contributed by atoms with E-state index in [0.717, 1.165) is 40.9 Å². The van der Waals surface area contributed by atoms with Crippen LogP contribution in [0.3, 0.4) is 0 Å². The minimum Gasteiger partial charge on any atom is -0.367 e. The van der Waals surface area contributed by atoms with Gasteiger partial charge in [-0.3, -0.25) is 10.4 Å². The van der Waals surface area contributed by atoms with E-state index in [1.54, 1.807) is 13.1 Å². The third-order valence-electron chi connectivity index (χ3n) is 6.90. The van der Waals surface area contributed by atoms with Crippen molar-refractivity contribution in [3.63, 3.8) is 0 Å². The molecule has 0 aliphatic heterocycles. The molecule has 1 saturated carbocycles. The average Bonchev–Trinajstić information content (AvgIpc) is 2.93. The van der Waals surface area contributed by atoms with E-state index in [1.807, 2.05) is 36.4 Å². The molecule has 0 amide bonds. The fraction of sp³-hybridized carbons (Fsp3) is 0.188.